The Morgan fingerprint density at radius 3 is 2.76 bits per heavy atom. The molecule has 0 amide bonds. The molecule has 0 aliphatic carbocycles. The van der Waals surface area contributed by atoms with E-state index in [-0.39, 0.29) is 11.8 Å². The van der Waals surface area contributed by atoms with E-state index in [0.717, 1.165) is 0 Å². The van der Waals surface area contributed by atoms with Crippen LogP contribution in [0.2, 0.25) is 0 Å². The number of Topliss-reactive ketones (excluding diaryl/α,β-unsaturated/α-hetero) is 1. The zero-order chi connectivity index (χ0) is 12.4. The van der Waals surface area contributed by atoms with Gasteiger partial charge in [-0.15, -0.1) is 5.10 Å². The van der Waals surface area contributed by atoms with Gasteiger partial charge in [-0.05, 0) is 19.1 Å². The lowest BCUT2D eigenvalue weighted by molar-refractivity contribution is 0.101. The summed E-state index contributed by atoms with van der Waals surface area (Å²) in [4.78, 5) is 15.1. The molecule has 88 valence electrons. The van der Waals surface area contributed by atoms with Gasteiger partial charge in [-0.2, -0.15) is 4.98 Å². The fourth-order valence-electron chi connectivity index (χ4n) is 1.40. The molecule has 6 nitrogen and oxygen atoms in total. The highest BCUT2D eigenvalue weighted by atomic mass is 16.5. The van der Waals surface area contributed by atoms with E-state index in [1.807, 2.05) is 0 Å². The van der Waals surface area contributed by atoms with Crippen molar-refractivity contribution in [2.24, 2.45) is 7.05 Å². The van der Waals surface area contributed by atoms with Gasteiger partial charge in [-0.3, -0.25) is 9.48 Å². The van der Waals surface area contributed by atoms with Gasteiger partial charge in [0.05, 0.1) is 0 Å². The normalized spacial score (nSPS) is 10.2. The molecule has 2 aromatic rings. The molecule has 2 N–H and O–H groups in total. The van der Waals surface area contributed by atoms with Gasteiger partial charge < -0.3 is 10.5 Å². The monoisotopic (exact) mass is 232 g/mol. The smallest absolute Gasteiger partial charge is 0.340 e. The summed E-state index contributed by atoms with van der Waals surface area (Å²) < 4.78 is 6.91. The van der Waals surface area contributed by atoms with Crippen molar-refractivity contribution in [3.05, 3.63) is 30.1 Å². The lowest BCUT2D eigenvalue weighted by Crippen LogP contribution is -2.00. The van der Waals surface area contributed by atoms with Gasteiger partial charge in [0.1, 0.15) is 12.1 Å². The van der Waals surface area contributed by atoms with Crippen LogP contribution in [0, 0.1) is 0 Å². The summed E-state index contributed by atoms with van der Waals surface area (Å²) >= 11 is 0. The van der Waals surface area contributed by atoms with Crippen molar-refractivity contribution in [1.82, 2.24) is 14.8 Å². The Morgan fingerprint density at radius 2 is 2.24 bits per heavy atom. The highest BCUT2D eigenvalue weighted by molar-refractivity contribution is 5.99. The molecule has 17 heavy (non-hydrogen) atoms. The van der Waals surface area contributed by atoms with Gasteiger partial charge in [0, 0.05) is 24.4 Å². The van der Waals surface area contributed by atoms with E-state index in [1.165, 1.54) is 17.9 Å². The highest BCUT2D eigenvalue weighted by Crippen LogP contribution is 2.23. The van der Waals surface area contributed by atoms with E-state index in [1.54, 1.807) is 25.2 Å². The minimum absolute atomic E-state index is 0.0787. The average Bonchev–Trinajstić information content (AvgIpc) is 2.63. The maximum absolute atomic E-state index is 11.2. The lowest BCUT2D eigenvalue weighted by atomic mass is 10.1. The van der Waals surface area contributed by atoms with Crippen molar-refractivity contribution >= 4 is 11.5 Å². The maximum Gasteiger partial charge on any atom is 0.340 e. The van der Waals surface area contributed by atoms with E-state index in [2.05, 4.69) is 10.1 Å². The molecule has 0 saturated heterocycles. The topological polar surface area (TPSA) is 83.0 Å². The van der Waals surface area contributed by atoms with Crippen molar-refractivity contribution in [2.75, 3.05) is 5.73 Å². The van der Waals surface area contributed by atoms with Gasteiger partial charge in [0.2, 0.25) is 0 Å². The number of anilines is 1. The molecule has 0 saturated carbocycles. The minimum atomic E-state index is -0.0787. The predicted molar refractivity (Wildman–Crippen MR) is 61.9 cm³/mol. The van der Waals surface area contributed by atoms with Crippen LogP contribution in [0.15, 0.2) is 24.5 Å². The first-order chi connectivity index (χ1) is 8.06. The zero-order valence-corrected chi connectivity index (χ0v) is 9.54. The molecular formula is C11H12N4O2. The molecule has 0 bridgehead atoms. The van der Waals surface area contributed by atoms with Crippen molar-refractivity contribution < 1.29 is 9.53 Å². The molecule has 6 heteroatoms. The van der Waals surface area contributed by atoms with Crippen molar-refractivity contribution in [3.8, 4) is 11.8 Å². The number of hydrogen-bond acceptors (Lipinski definition) is 5. The van der Waals surface area contributed by atoms with Gasteiger partial charge in [0.25, 0.3) is 0 Å². The molecular weight excluding hydrogens is 220 g/mol. The number of benzene rings is 1. The van der Waals surface area contributed by atoms with Crippen LogP contribution in [-0.2, 0) is 7.05 Å². The number of aromatic nitrogens is 3. The largest absolute Gasteiger partial charge is 0.423 e. The quantitative estimate of drug-likeness (QED) is 0.638. The molecule has 1 aromatic carbocycles. The Morgan fingerprint density at radius 1 is 1.47 bits per heavy atom. The lowest BCUT2D eigenvalue weighted by Gasteiger charge is -2.05. The molecule has 0 unspecified atom stereocenters. The third-order valence-electron chi connectivity index (χ3n) is 2.19. The molecule has 0 spiro atoms. The first-order valence-corrected chi connectivity index (χ1v) is 5.00. The van der Waals surface area contributed by atoms with Gasteiger partial charge in [0.15, 0.2) is 5.78 Å². The first-order valence-electron chi connectivity index (χ1n) is 5.00. The van der Waals surface area contributed by atoms with E-state index < -0.39 is 0 Å². The number of nitrogens with two attached hydrogens (primary N) is 1. The van der Waals surface area contributed by atoms with Crippen molar-refractivity contribution in [2.45, 2.75) is 6.92 Å². The van der Waals surface area contributed by atoms with Crippen LogP contribution in [0.1, 0.15) is 17.3 Å². The first kappa shape index (κ1) is 11.1. The summed E-state index contributed by atoms with van der Waals surface area (Å²) in [5.41, 5.74) is 6.59. The van der Waals surface area contributed by atoms with E-state index >= 15 is 0 Å². The van der Waals surface area contributed by atoms with Gasteiger partial charge >= 0.3 is 6.01 Å². The number of carbonyl (C=O) groups is 1. The van der Waals surface area contributed by atoms with Crippen molar-refractivity contribution in [3.63, 3.8) is 0 Å². The zero-order valence-electron chi connectivity index (χ0n) is 9.54. The Labute approximate surface area is 98.0 Å². The third kappa shape index (κ3) is 2.41. The Balaban J connectivity index is 2.23. The molecule has 1 aromatic heterocycles. The standard InChI is InChI=1S/C11H12N4O2/c1-7(16)9-4-3-8(5-10(9)12)17-11-13-6-15(2)14-11/h3-6H,12H2,1-2H3. The number of carbonyl (C=O) groups excluding carboxylic acids is 1. The number of nitrogen functional groups attached to an aromatic ring is 1. The highest BCUT2D eigenvalue weighted by Gasteiger charge is 2.07. The van der Waals surface area contributed by atoms with E-state index in [4.69, 9.17) is 10.5 Å². The molecule has 2 rings (SSSR count). The van der Waals surface area contributed by atoms with Crippen LogP contribution in [0.4, 0.5) is 5.69 Å². The molecule has 0 fully saturated rings. The number of nitrogens with zero attached hydrogens (tertiary/aromatic N) is 3. The van der Waals surface area contributed by atoms with Crippen LogP contribution in [0.3, 0.4) is 0 Å². The number of ketones is 1. The minimum Gasteiger partial charge on any atom is -0.423 e. The number of aryl methyl sites for hydroxylation is 1. The second-order valence-electron chi connectivity index (χ2n) is 3.61. The third-order valence-corrected chi connectivity index (χ3v) is 2.19. The summed E-state index contributed by atoms with van der Waals surface area (Å²) in [5.74, 6) is 0.420. The second kappa shape index (κ2) is 4.25. The molecule has 1 heterocycles. The van der Waals surface area contributed by atoms with Crippen molar-refractivity contribution in [1.29, 1.82) is 0 Å². The number of rotatable bonds is 3. The predicted octanol–water partition coefficient (Wildman–Crippen LogP) is 1.39. The fraction of sp³-hybridized carbons (Fsp3) is 0.182. The SMILES string of the molecule is CC(=O)c1ccc(Oc2ncn(C)n2)cc1N. The van der Waals surface area contributed by atoms with Crippen LogP contribution < -0.4 is 10.5 Å². The van der Waals surface area contributed by atoms with E-state index in [9.17, 15) is 4.79 Å². The fourth-order valence-corrected chi connectivity index (χ4v) is 1.40. The second-order valence-corrected chi connectivity index (χ2v) is 3.61. The average molecular weight is 232 g/mol. The van der Waals surface area contributed by atoms with Crippen LogP contribution in [0.5, 0.6) is 11.8 Å². The summed E-state index contributed by atoms with van der Waals surface area (Å²) in [7, 11) is 1.74. The van der Waals surface area contributed by atoms with Crippen LogP contribution in [-0.4, -0.2) is 20.5 Å². The Hall–Kier alpha value is -2.37. The molecule has 0 atom stereocenters. The summed E-state index contributed by atoms with van der Waals surface area (Å²) in [6, 6.07) is 5.09. The Kier molecular flexibility index (Phi) is 2.78. The summed E-state index contributed by atoms with van der Waals surface area (Å²) in [6.45, 7) is 1.46. The van der Waals surface area contributed by atoms with Gasteiger partial charge in [-0.25, -0.2) is 0 Å². The van der Waals surface area contributed by atoms with Crippen LogP contribution in [0.25, 0.3) is 0 Å². The van der Waals surface area contributed by atoms with E-state index in [0.29, 0.717) is 17.0 Å². The van der Waals surface area contributed by atoms with Crippen LogP contribution >= 0.6 is 0 Å². The number of hydrogen-bond donors (Lipinski definition) is 1. The molecule has 0 aliphatic rings. The molecule has 0 radical (unpaired) electrons. The number of ether oxygens (including phenoxy) is 1. The Bertz CT molecular complexity index is 562. The maximum atomic E-state index is 11.2. The molecule has 0 aliphatic heterocycles. The van der Waals surface area contributed by atoms with Gasteiger partial charge in [-0.1, -0.05) is 0 Å². The summed E-state index contributed by atoms with van der Waals surface area (Å²) in [5, 5.41) is 3.97. The summed E-state index contributed by atoms with van der Waals surface area (Å²) in [6.07, 6.45) is 1.53.